The molecule has 1 nitrogen and oxygen atoms in total. The van der Waals surface area contributed by atoms with Crippen LogP contribution in [-0.4, -0.2) is 0 Å². The summed E-state index contributed by atoms with van der Waals surface area (Å²) in [6.07, 6.45) is 0. The third kappa shape index (κ3) is 2.86. The molecule has 106 valence electrons. The zero-order chi connectivity index (χ0) is 14.8. The lowest BCUT2D eigenvalue weighted by molar-refractivity contribution is 0.624. The summed E-state index contributed by atoms with van der Waals surface area (Å²) >= 11 is 5.73. The zero-order valence-electron chi connectivity index (χ0n) is 11.6. The van der Waals surface area contributed by atoms with Crippen molar-refractivity contribution in [3.63, 3.8) is 0 Å². The van der Waals surface area contributed by atoms with Crippen molar-refractivity contribution in [1.29, 1.82) is 0 Å². The summed E-state index contributed by atoms with van der Waals surface area (Å²) in [5, 5.41) is 5.92. The highest BCUT2D eigenvalue weighted by molar-refractivity contribution is 6.30. The van der Waals surface area contributed by atoms with Gasteiger partial charge in [-0.2, -0.15) is 0 Å². The van der Waals surface area contributed by atoms with Crippen molar-refractivity contribution in [3.05, 3.63) is 77.1 Å². The minimum Gasteiger partial charge on any atom is -0.378 e. The van der Waals surface area contributed by atoms with E-state index in [1.54, 1.807) is 6.07 Å². The molecule has 0 radical (unpaired) electrons. The third-order valence-corrected chi connectivity index (χ3v) is 3.91. The lowest BCUT2D eigenvalue weighted by atomic mass is 10.1. The molecular formula is C18H15ClFN. The lowest BCUT2D eigenvalue weighted by Crippen LogP contribution is -2.07. The topological polar surface area (TPSA) is 12.0 Å². The van der Waals surface area contributed by atoms with Crippen LogP contribution in [0.1, 0.15) is 18.5 Å². The molecule has 0 fully saturated rings. The van der Waals surface area contributed by atoms with E-state index in [9.17, 15) is 4.39 Å². The van der Waals surface area contributed by atoms with Crippen LogP contribution in [0.25, 0.3) is 10.8 Å². The molecule has 0 aliphatic rings. The highest BCUT2D eigenvalue weighted by Crippen LogP contribution is 2.28. The van der Waals surface area contributed by atoms with Gasteiger partial charge in [0.1, 0.15) is 5.82 Å². The van der Waals surface area contributed by atoms with Crippen molar-refractivity contribution in [2.75, 3.05) is 5.32 Å². The van der Waals surface area contributed by atoms with Crippen molar-refractivity contribution in [3.8, 4) is 0 Å². The Kier molecular flexibility index (Phi) is 3.80. The van der Waals surface area contributed by atoms with Crippen LogP contribution < -0.4 is 5.32 Å². The highest BCUT2D eigenvalue weighted by Gasteiger charge is 2.09. The molecule has 21 heavy (non-hydrogen) atoms. The van der Waals surface area contributed by atoms with Crippen molar-refractivity contribution < 1.29 is 4.39 Å². The average molecular weight is 300 g/mol. The maximum Gasteiger partial charge on any atom is 0.142 e. The van der Waals surface area contributed by atoms with Crippen LogP contribution in [0.4, 0.5) is 10.1 Å². The van der Waals surface area contributed by atoms with Crippen LogP contribution in [0.15, 0.2) is 60.7 Å². The van der Waals surface area contributed by atoms with E-state index in [0.717, 1.165) is 16.6 Å². The summed E-state index contributed by atoms with van der Waals surface area (Å²) in [5.41, 5.74) is 1.90. The number of benzene rings is 3. The van der Waals surface area contributed by atoms with Gasteiger partial charge in [0, 0.05) is 17.1 Å². The van der Waals surface area contributed by atoms with E-state index >= 15 is 0 Å². The summed E-state index contributed by atoms with van der Waals surface area (Å²) in [5.74, 6) is -0.388. The first-order chi connectivity index (χ1) is 10.1. The molecule has 3 aromatic carbocycles. The molecule has 0 bridgehead atoms. The predicted molar refractivity (Wildman–Crippen MR) is 87.4 cm³/mol. The van der Waals surface area contributed by atoms with Crippen LogP contribution in [0.2, 0.25) is 5.02 Å². The van der Waals surface area contributed by atoms with E-state index in [1.165, 1.54) is 11.5 Å². The van der Waals surface area contributed by atoms with Gasteiger partial charge in [0.05, 0.1) is 5.02 Å². The first kappa shape index (κ1) is 13.9. The van der Waals surface area contributed by atoms with E-state index in [0.29, 0.717) is 0 Å². The Morgan fingerprint density at radius 1 is 1.00 bits per heavy atom. The van der Waals surface area contributed by atoms with Crippen LogP contribution in [-0.2, 0) is 0 Å². The quantitative estimate of drug-likeness (QED) is 0.644. The van der Waals surface area contributed by atoms with Crippen molar-refractivity contribution in [2.24, 2.45) is 0 Å². The maximum absolute atomic E-state index is 13.6. The molecule has 0 aliphatic carbocycles. The monoisotopic (exact) mass is 299 g/mol. The molecule has 1 unspecified atom stereocenters. The van der Waals surface area contributed by atoms with E-state index in [2.05, 4.69) is 23.5 Å². The van der Waals surface area contributed by atoms with Gasteiger partial charge in [-0.05, 0) is 36.1 Å². The maximum atomic E-state index is 13.6. The van der Waals surface area contributed by atoms with Crippen molar-refractivity contribution in [2.45, 2.75) is 13.0 Å². The predicted octanol–water partition coefficient (Wildman–Crippen LogP) is 5.81. The summed E-state index contributed by atoms with van der Waals surface area (Å²) in [6.45, 7) is 2.00. The Balaban J connectivity index is 1.92. The van der Waals surface area contributed by atoms with Gasteiger partial charge in [-0.3, -0.25) is 0 Å². The smallest absolute Gasteiger partial charge is 0.142 e. The Hall–Kier alpha value is -2.06. The number of anilines is 1. The van der Waals surface area contributed by atoms with Gasteiger partial charge in [0.25, 0.3) is 0 Å². The van der Waals surface area contributed by atoms with Gasteiger partial charge in [-0.15, -0.1) is 0 Å². The van der Waals surface area contributed by atoms with E-state index in [4.69, 9.17) is 11.6 Å². The normalized spacial score (nSPS) is 12.3. The highest BCUT2D eigenvalue weighted by atomic mass is 35.5. The molecule has 0 spiro atoms. The standard InChI is InChI=1S/C18H15ClFN/c1-12(14-9-10-16(19)17(20)11-14)21-18-8-4-6-13-5-2-3-7-15(13)18/h2-12,21H,1H3. The molecule has 1 atom stereocenters. The Morgan fingerprint density at radius 3 is 2.57 bits per heavy atom. The van der Waals surface area contributed by atoms with Crippen LogP contribution in [0.3, 0.4) is 0 Å². The molecule has 0 saturated carbocycles. The molecule has 3 aromatic rings. The number of fused-ring (bicyclic) bond motifs is 1. The summed E-state index contributed by atoms with van der Waals surface area (Å²) in [6, 6.07) is 19.2. The van der Waals surface area contributed by atoms with Crippen LogP contribution in [0.5, 0.6) is 0 Å². The van der Waals surface area contributed by atoms with Gasteiger partial charge < -0.3 is 5.32 Å². The largest absolute Gasteiger partial charge is 0.378 e. The summed E-state index contributed by atoms with van der Waals surface area (Å²) in [4.78, 5) is 0. The first-order valence-corrected chi connectivity index (χ1v) is 7.22. The Morgan fingerprint density at radius 2 is 1.76 bits per heavy atom. The van der Waals surface area contributed by atoms with Gasteiger partial charge in [0.15, 0.2) is 0 Å². The fourth-order valence-electron chi connectivity index (χ4n) is 2.45. The summed E-state index contributed by atoms with van der Waals surface area (Å²) < 4.78 is 13.6. The minimum absolute atomic E-state index is 0.0115. The number of rotatable bonds is 3. The summed E-state index contributed by atoms with van der Waals surface area (Å²) in [7, 11) is 0. The minimum atomic E-state index is -0.388. The molecule has 3 rings (SSSR count). The fourth-order valence-corrected chi connectivity index (χ4v) is 2.57. The molecule has 0 heterocycles. The average Bonchev–Trinajstić information content (AvgIpc) is 2.50. The van der Waals surface area contributed by atoms with Gasteiger partial charge >= 0.3 is 0 Å². The molecule has 3 heteroatoms. The molecule has 1 N–H and O–H groups in total. The third-order valence-electron chi connectivity index (χ3n) is 3.61. The van der Waals surface area contributed by atoms with Crippen molar-refractivity contribution in [1.82, 2.24) is 0 Å². The molecule has 0 saturated heterocycles. The van der Waals surface area contributed by atoms with E-state index in [1.807, 2.05) is 37.3 Å². The van der Waals surface area contributed by atoms with Crippen molar-refractivity contribution >= 4 is 28.1 Å². The molecule has 0 aromatic heterocycles. The van der Waals surface area contributed by atoms with E-state index in [-0.39, 0.29) is 16.9 Å². The Labute approximate surface area is 128 Å². The first-order valence-electron chi connectivity index (χ1n) is 6.84. The van der Waals surface area contributed by atoms with Gasteiger partial charge in [0.2, 0.25) is 0 Å². The van der Waals surface area contributed by atoms with Crippen LogP contribution >= 0.6 is 11.6 Å². The second kappa shape index (κ2) is 5.74. The van der Waals surface area contributed by atoms with Gasteiger partial charge in [-0.25, -0.2) is 4.39 Å². The fraction of sp³-hybridized carbons (Fsp3) is 0.111. The number of halogens is 2. The molecule has 0 aliphatic heterocycles. The second-order valence-corrected chi connectivity index (χ2v) is 5.47. The van der Waals surface area contributed by atoms with E-state index < -0.39 is 0 Å². The number of hydrogen-bond acceptors (Lipinski definition) is 1. The lowest BCUT2D eigenvalue weighted by Gasteiger charge is -2.17. The zero-order valence-corrected chi connectivity index (χ0v) is 12.4. The Bertz CT molecular complexity index is 780. The molecule has 0 amide bonds. The SMILES string of the molecule is CC(Nc1cccc2ccccc12)c1ccc(Cl)c(F)c1. The van der Waals surface area contributed by atoms with Gasteiger partial charge in [-0.1, -0.05) is 54.1 Å². The second-order valence-electron chi connectivity index (χ2n) is 5.07. The van der Waals surface area contributed by atoms with Crippen LogP contribution in [0, 0.1) is 5.82 Å². The molecular weight excluding hydrogens is 285 g/mol. The number of hydrogen-bond donors (Lipinski definition) is 1. The number of nitrogens with one attached hydrogen (secondary N) is 1.